The lowest BCUT2D eigenvalue weighted by Gasteiger charge is -2.27. The number of ether oxygens (including phenoxy) is 1. The second kappa shape index (κ2) is 8.96. The Labute approximate surface area is 158 Å². The molecule has 26 heavy (non-hydrogen) atoms. The van der Waals surface area contributed by atoms with Gasteiger partial charge < -0.3 is 15.0 Å². The van der Waals surface area contributed by atoms with Crippen LogP contribution in [0.3, 0.4) is 0 Å². The molecule has 1 amide bonds. The molecule has 0 aliphatic carbocycles. The molecule has 1 fully saturated rings. The summed E-state index contributed by atoms with van der Waals surface area (Å²) >= 11 is 5.97. The third kappa shape index (κ3) is 5.41. The fourth-order valence-electron chi connectivity index (χ4n) is 2.84. The molecule has 1 aliphatic rings. The Hall–Kier alpha value is -2.18. The number of halogens is 1. The summed E-state index contributed by atoms with van der Waals surface area (Å²) in [6.45, 7) is 5.29. The summed E-state index contributed by atoms with van der Waals surface area (Å²) in [5, 5.41) is 3.63. The quantitative estimate of drug-likeness (QED) is 0.841. The summed E-state index contributed by atoms with van der Waals surface area (Å²) in [7, 11) is 0. The van der Waals surface area contributed by atoms with E-state index in [0.29, 0.717) is 43.6 Å². The minimum absolute atomic E-state index is 0.00540. The topological polar surface area (TPSA) is 67.4 Å². The van der Waals surface area contributed by atoms with Crippen molar-refractivity contribution >= 4 is 23.5 Å². The smallest absolute Gasteiger partial charge is 0.225 e. The van der Waals surface area contributed by atoms with Crippen LogP contribution in [0.15, 0.2) is 30.3 Å². The SMILES string of the molecule is Cc1cc(CNC(=O)CCc2cccc(Cl)c2)nc(N2CCOCC2)n1. The largest absolute Gasteiger partial charge is 0.378 e. The average molecular weight is 375 g/mol. The first-order valence-corrected chi connectivity index (χ1v) is 9.16. The molecule has 7 heteroatoms. The molecule has 0 saturated carbocycles. The van der Waals surface area contributed by atoms with Crippen molar-refractivity contribution in [1.29, 1.82) is 0 Å². The van der Waals surface area contributed by atoms with Gasteiger partial charge in [-0.05, 0) is 37.1 Å². The fraction of sp³-hybridized carbons (Fsp3) is 0.421. The lowest BCUT2D eigenvalue weighted by Crippen LogP contribution is -2.37. The van der Waals surface area contributed by atoms with Crippen molar-refractivity contribution in [3.05, 3.63) is 52.3 Å². The molecule has 0 radical (unpaired) electrons. The Kier molecular flexibility index (Phi) is 6.41. The molecular formula is C19H23ClN4O2. The number of aromatic nitrogens is 2. The maximum Gasteiger partial charge on any atom is 0.225 e. The second-order valence-corrected chi connectivity index (χ2v) is 6.74. The van der Waals surface area contributed by atoms with Crippen molar-refractivity contribution in [1.82, 2.24) is 15.3 Å². The normalized spacial score (nSPS) is 14.3. The van der Waals surface area contributed by atoms with Gasteiger partial charge in [-0.3, -0.25) is 4.79 Å². The number of nitrogens with zero attached hydrogens (tertiary/aromatic N) is 3. The molecule has 6 nitrogen and oxygen atoms in total. The number of carbonyl (C=O) groups is 1. The van der Waals surface area contributed by atoms with Crippen LogP contribution >= 0.6 is 11.6 Å². The Balaban J connectivity index is 1.53. The highest BCUT2D eigenvalue weighted by Crippen LogP contribution is 2.13. The summed E-state index contributed by atoms with van der Waals surface area (Å²) in [5.74, 6) is 0.700. The van der Waals surface area contributed by atoms with Crippen LogP contribution in [0, 0.1) is 6.92 Å². The minimum atomic E-state index is -0.00540. The van der Waals surface area contributed by atoms with Gasteiger partial charge in [-0.15, -0.1) is 0 Å². The number of carbonyl (C=O) groups excluding carboxylic acids is 1. The lowest BCUT2D eigenvalue weighted by atomic mass is 10.1. The molecule has 1 aliphatic heterocycles. The van der Waals surface area contributed by atoms with Crippen molar-refractivity contribution in [2.45, 2.75) is 26.3 Å². The number of amides is 1. The third-order valence-corrected chi connectivity index (χ3v) is 4.42. The molecule has 1 N–H and O–H groups in total. The van der Waals surface area contributed by atoms with Crippen LogP contribution < -0.4 is 10.2 Å². The molecule has 1 saturated heterocycles. The van der Waals surface area contributed by atoms with E-state index in [2.05, 4.69) is 20.2 Å². The zero-order valence-electron chi connectivity index (χ0n) is 14.9. The van der Waals surface area contributed by atoms with Gasteiger partial charge in [-0.25, -0.2) is 9.97 Å². The molecule has 3 rings (SSSR count). The van der Waals surface area contributed by atoms with E-state index in [4.69, 9.17) is 16.3 Å². The number of nitrogens with one attached hydrogen (secondary N) is 1. The standard InChI is InChI=1S/C19H23ClN4O2/c1-14-11-17(23-19(22-14)24-7-9-26-10-8-24)13-21-18(25)6-5-15-3-2-4-16(20)12-15/h2-4,11-12H,5-10,13H2,1H3,(H,21,25). The first-order valence-electron chi connectivity index (χ1n) is 8.78. The third-order valence-electron chi connectivity index (χ3n) is 4.19. The van der Waals surface area contributed by atoms with E-state index in [1.807, 2.05) is 37.3 Å². The van der Waals surface area contributed by atoms with Crippen molar-refractivity contribution in [2.75, 3.05) is 31.2 Å². The van der Waals surface area contributed by atoms with Crippen LogP contribution in [0.25, 0.3) is 0 Å². The average Bonchev–Trinajstić information content (AvgIpc) is 2.65. The van der Waals surface area contributed by atoms with Gasteiger partial charge in [0.2, 0.25) is 11.9 Å². The Morgan fingerprint density at radius 3 is 2.85 bits per heavy atom. The fourth-order valence-corrected chi connectivity index (χ4v) is 3.05. The molecule has 0 bridgehead atoms. The van der Waals surface area contributed by atoms with Gasteiger partial charge in [0.1, 0.15) is 0 Å². The second-order valence-electron chi connectivity index (χ2n) is 6.31. The van der Waals surface area contributed by atoms with Crippen LogP contribution in [0.2, 0.25) is 5.02 Å². The molecule has 1 aromatic carbocycles. The highest BCUT2D eigenvalue weighted by atomic mass is 35.5. The zero-order valence-corrected chi connectivity index (χ0v) is 15.6. The number of hydrogen-bond donors (Lipinski definition) is 1. The Morgan fingerprint density at radius 2 is 2.08 bits per heavy atom. The van der Waals surface area contributed by atoms with E-state index >= 15 is 0 Å². The number of benzene rings is 1. The molecule has 138 valence electrons. The van der Waals surface area contributed by atoms with Crippen LogP contribution in [0.1, 0.15) is 23.4 Å². The van der Waals surface area contributed by atoms with E-state index in [9.17, 15) is 4.79 Å². The molecule has 0 unspecified atom stereocenters. The summed E-state index contributed by atoms with van der Waals surface area (Å²) in [6, 6.07) is 9.49. The van der Waals surface area contributed by atoms with Crippen LogP contribution in [0.4, 0.5) is 5.95 Å². The van der Waals surface area contributed by atoms with E-state index in [1.54, 1.807) is 0 Å². The van der Waals surface area contributed by atoms with Crippen LogP contribution in [-0.2, 0) is 22.5 Å². The molecule has 2 heterocycles. The number of morpholine rings is 1. The van der Waals surface area contributed by atoms with Gasteiger partial charge in [0, 0.05) is 30.2 Å². The van der Waals surface area contributed by atoms with Crippen molar-refractivity contribution in [3.63, 3.8) is 0 Å². The highest BCUT2D eigenvalue weighted by Gasteiger charge is 2.15. The van der Waals surface area contributed by atoms with Gasteiger partial charge in [0.05, 0.1) is 25.5 Å². The highest BCUT2D eigenvalue weighted by molar-refractivity contribution is 6.30. The Morgan fingerprint density at radius 1 is 1.27 bits per heavy atom. The maximum absolute atomic E-state index is 12.1. The predicted octanol–water partition coefficient (Wildman–Crippen LogP) is 2.52. The first kappa shape index (κ1) is 18.6. The van der Waals surface area contributed by atoms with Gasteiger partial charge in [0.15, 0.2) is 0 Å². The summed E-state index contributed by atoms with van der Waals surface area (Å²) in [6.07, 6.45) is 1.08. The first-order chi connectivity index (χ1) is 12.6. The number of rotatable bonds is 6. The molecule has 0 spiro atoms. The summed E-state index contributed by atoms with van der Waals surface area (Å²) < 4.78 is 5.37. The molecule has 2 aromatic rings. The number of hydrogen-bond acceptors (Lipinski definition) is 5. The van der Waals surface area contributed by atoms with Gasteiger partial charge in [-0.1, -0.05) is 23.7 Å². The van der Waals surface area contributed by atoms with Crippen molar-refractivity contribution < 1.29 is 9.53 Å². The zero-order chi connectivity index (χ0) is 18.4. The summed E-state index contributed by atoms with van der Waals surface area (Å²) in [5.41, 5.74) is 2.76. The summed E-state index contributed by atoms with van der Waals surface area (Å²) in [4.78, 5) is 23.3. The van der Waals surface area contributed by atoms with Gasteiger partial charge in [0.25, 0.3) is 0 Å². The van der Waals surface area contributed by atoms with Gasteiger partial charge >= 0.3 is 0 Å². The molecular weight excluding hydrogens is 352 g/mol. The van der Waals surface area contributed by atoms with E-state index in [-0.39, 0.29) is 5.91 Å². The van der Waals surface area contributed by atoms with E-state index < -0.39 is 0 Å². The number of aryl methyl sites for hydroxylation is 2. The maximum atomic E-state index is 12.1. The monoisotopic (exact) mass is 374 g/mol. The van der Waals surface area contributed by atoms with E-state index in [1.165, 1.54) is 0 Å². The molecule has 0 atom stereocenters. The Bertz CT molecular complexity index is 763. The van der Waals surface area contributed by atoms with E-state index in [0.717, 1.165) is 30.0 Å². The lowest BCUT2D eigenvalue weighted by molar-refractivity contribution is -0.121. The van der Waals surface area contributed by atoms with Crippen molar-refractivity contribution in [2.24, 2.45) is 0 Å². The van der Waals surface area contributed by atoms with Crippen LogP contribution in [-0.4, -0.2) is 42.2 Å². The minimum Gasteiger partial charge on any atom is -0.378 e. The number of anilines is 1. The van der Waals surface area contributed by atoms with Crippen molar-refractivity contribution in [3.8, 4) is 0 Å². The predicted molar refractivity (Wildman–Crippen MR) is 101 cm³/mol. The van der Waals surface area contributed by atoms with Crippen LogP contribution in [0.5, 0.6) is 0 Å². The molecule has 1 aromatic heterocycles. The van der Waals surface area contributed by atoms with Gasteiger partial charge in [-0.2, -0.15) is 0 Å².